The van der Waals surface area contributed by atoms with Crippen molar-refractivity contribution in [3.63, 3.8) is 0 Å². The van der Waals surface area contributed by atoms with Crippen molar-refractivity contribution in [3.8, 4) is 33.6 Å². The van der Waals surface area contributed by atoms with Gasteiger partial charge in [-0.3, -0.25) is 5.10 Å². The van der Waals surface area contributed by atoms with Crippen LogP contribution in [0.1, 0.15) is 0 Å². The SMILES string of the molecule is c1ccc(-c2cc(-c3ccccc3)c3c(-c4ccccc4)[nH]nc3n2)cc1. The van der Waals surface area contributed by atoms with Crippen molar-refractivity contribution in [1.82, 2.24) is 15.2 Å². The lowest BCUT2D eigenvalue weighted by atomic mass is 9.97. The van der Waals surface area contributed by atoms with Crippen molar-refractivity contribution in [2.24, 2.45) is 0 Å². The number of hydrogen-bond acceptors (Lipinski definition) is 2. The summed E-state index contributed by atoms with van der Waals surface area (Å²) in [5, 5.41) is 8.79. The average molecular weight is 347 g/mol. The van der Waals surface area contributed by atoms with Gasteiger partial charge in [-0.05, 0) is 17.2 Å². The molecule has 0 atom stereocenters. The van der Waals surface area contributed by atoms with Crippen LogP contribution in [-0.2, 0) is 0 Å². The number of benzene rings is 3. The summed E-state index contributed by atoms with van der Waals surface area (Å²) in [6.45, 7) is 0. The summed E-state index contributed by atoms with van der Waals surface area (Å²) in [7, 11) is 0. The smallest absolute Gasteiger partial charge is 0.182 e. The van der Waals surface area contributed by atoms with E-state index in [4.69, 9.17) is 4.98 Å². The molecule has 3 aromatic carbocycles. The highest BCUT2D eigenvalue weighted by atomic mass is 15.1. The first kappa shape index (κ1) is 15.5. The minimum atomic E-state index is 0.731. The predicted molar refractivity (Wildman–Crippen MR) is 110 cm³/mol. The van der Waals surface area contributed by atoms with E-state index in [1.807, 2.05) is 42.5 Å². The number of pyridine rings is 1. The van der Waals surface area contributed by atoms with E-state index < -0.39 is 0 Å². The van der Waals surface area contributed by atoms with Crippen LogP contribution >= 0.6 is 0 Å². The van der Waals surface area contributed by atoms with Crippen molar-refractivity contribution in [2.45, 2.75) is 0 Å². The largest absolute Gasteiger partial charge is 0.275 e. The Morgan fingerprint density at radius 1 is 0.593 bits per heavy atom. The van der Waals surface area contributed by atoms with Crippen molar-refractivity contribution >= 4 is 11.0 Å². The molecule has 0 amide bonds. The maximum Gasteiger partial charge on any atom is 0.182 e. The van der Waals surface area contributed by atoms with Crippen LogP contribution in [0.25, 0.3) is 44.7 Å². The van der Waals surface area contributed by atoms with Gasteiger partial charge in [0.05, 0.1) is 16.8 Å². The molecule has 5 aromatic rings. The Balaban J connectivity index is 1.82. The molecule has 0 unspecified atom stereocenters. The minimum absolute atomic E-state index is 0.731. The molecule has 0 bridgehead atoms. The number of nitrogens with one attached hydrogen (secondary N) is 1. The molecular formula is C24H17N3. The first-order valence-electron chi connectivity index (χ1n) is 8.95. The van der Waals surface area contributed by atoms with Crippen LogP contribution in [0, 0.1) is 0 Å². The maximum atomic E-state index is 4.84. The van der Waals surface area contributed by atoms with Gasteiger partial charge in [0.25, 0.3) is 0 Å². The van der Waals surface area contributed by atoms with E-state index in [2.05, 4.69) is 64.8 Å². The molecule has 1 N–H and O–H groups in total. The molecule has 0 aliphatic carbocycles. The average Bonchev–Trinajstić information content (AvgIpc) is 3.19. The van der Waals surface area contributed by atoms with Crippen LogP contribution in [0.4, 0.5) is 0 Å². The summed E-state index contributed by atoms with van der Waals surface area (Å²) in [4.78, 5) is 4.84. The molecule has 5 rings (SSSR count). The summed E-state index contributed by atoms with van der Waals surface area (Å²) in [6.07, 6.45) is 0. The topological polar surface area (TPSA) is 41.6 Å². The van der Waals surface area contributed by atoms with Crippen molar-refractivity contribution in [3.05, 3.63) is 97.1 Å². The second-order valence-corrected chi connectivity index (χ2v) is 6.45. The van der Waals surface area contributed by atoms with Gasteiger partial charge in [0, 0.05) is 11.1 Å². The van der Waals surface area contributed by atoms with Crippen LogP contribution in [0.2, 0.25) is 0 Å². The van der Waals surface area contributed by atoms with E-state index in [9.17, 15) is 0 Å². The van der Waals surface area contributed by atoms with Crippen LogP contribution in [0.3, 0.4) is 0 Å². The van der Waals surface area contributed by atoms with Crippen LogP contribution in [0.5, 0.6) is 0 Å². The van der Waals surface area contributed by atoms with Crippen LogP contribution < -0.4 is 0 Å². The van der Waals surface area contributed by atoms with Crippen molar-refractivity contribution in [1.29, 1.82) is 0 Å². The van der Waals surface area contributed by atoms with Crippen molar-refractivity contribution in [2.75, 3.05) is 0 Å². The molecule has 0 spiro atoms. The Bertz CT molecular complexity index is 1190. The molecule has 3 heteroatoms. The highest BCUT2D eigenvalue weighted by molar-refractivity contribution is 6.03. The summed E-state index contributed by atoms with van der Waals surface area (Å²) >= 11 is 0. The van der Waals surface area contributed by atoms with E-state index in [1.54, 1.807) is 0 Å². The molecule has 0 fully saturated rings. The Morgan fingerprint density at radius 3 is 1.78 bits per heavy atom. The van der Waals surface area contributed by atoms with Gasteiger partial charge in [0.2, 0.25) is 0 Å². The Kier molecular flexibility index (Phi) is 3.76. The molecule has 0 saturated heterocycles. The number of aromatic amines is 1. The molecule has 27 heavy (non-hydrogen) atoms. The first-order chi connectivity index (χ1) is 13.4. The van der Waals surface area contributed by atoms with E-state index in [0.29, 0.717) is 0 Å². The highest BCUT2D eigenvalue weighted by Gasteiger charge is 2.16. The summed E-state index contributed by atoms with van der Waals surface area (Å²) in [6, 6.07) is 33.1. The standard InChI is InChI=1S/C24H17N3/c1-4-10-17(11-5-1)20-16-21(18-12-6-2-7-13-18)25-24-22(20)23(26-27-24)19-14-8-3-9-15-19/h1-16H,(H,25,26,27). The molecule has 2 aromatic heterocycles. The van der Waals surface area contributed by atoms with Gasteiger partial charge >= 0.3 is 0 Å². The third-order valence-electron chi connectivity index (χ3n) is 4.74. The number of fused-ring (bicyclic) bond motifs is 1. The van der Waals surface area contributed by atoms with Crippen LogP contribution in [-0.4, -0.2) is 15.2 Å². The molecule has 0 aliphatic rings. The third-order valence-corrected chi connectivity index (χ3v) is 4.74. The van der Waals surface area contributed by atoms with Crippen molar-refractivity contribution < 1.29 is 0 Å². The number of nitrogens with zero attached hydrogens (tertiary/aromatic N) is 2. The Labute approximate surface area is 157 Å². The number of hydrogen-bond donors (Lipinski definition) is 1. The molecular weight excluding hydrogens is 330 g/mol. The first-order valence-corrected chi connectivity index (χ1v) is 8.95. The van der Waals surface area contributed by atoms with Gasteiger partial charge in [0.15, 0.2) is 5.65 Å². The fourth-order valence-electron chi connectivity index (χ4n) is 3.44. The second-order valence-electron chi connectivity index (χ2n) is 6.45. The van der Waals surface area contributed by atoms with E-state index in [0.717, 1.165) is 44.7 Å². The van der Waals surface area contributed by atoms with Gasteiger partial charge in [-0.2, -0.15) is 5.10 Å². The van der Waals surface area contributed by atoms with Gasteiger partial charge < -0.3 is 0 Å². The lowest BCUT2D eigenvalue weighted by Crippen LogP contribution is -1.89. The summed E-state index contributed by atoms with van der Waals surface area (Å²) in [5.74, 6) is 0. The van der Waals surface area contributed by atoms with Gasteiger partial charge in [-0.1, -0.05) is 91.0 Å². The fraction of sp³-hybridized carbons (Fsp3) is 0. The molecule has 0 aliphatic heterocycles. The lowest BCUT2D eigenvalue weighted by molar-refractivity contribution is 1.10. The van der Waals surface area contributed by atoms with Crippen LogP contribution in [0.15, 0.2) is 97.1 Å². The highest BCUT2D eigenvalue weighted by Crippen LogP contribution is 2.36. The Hall–Kier alpha value is -3.72. The fourth-order valence-corrected chi connectivity index (χ4v) is 3.44. The zero-order chi connectivity index (χ0) is 18.1. The quantitative estimate of drug-likeness (QED) is 0.437. The van der Waals surface area contributed by atoms with Gasteiger partial charge in [-0.25, -0.2) is 4.98 Å². The summed E-state index contributed by atoms with van der Waals surface area (Å²) in [5.41, 5.74) is 7.12. The van der Waals surface area contributed by atoms with Gasteiger partial charge in [0.1, 0.15) is 0 Å². The third kappa shape index (κ3) is 2.79. The number of aromatic nitrogens is 3. The molecule has 128 valence electrons. The number of rotatable bonds is 3. The van der Waals surface area contributed by atoms with E-state index in [1.165, 1.54) is 0 Å². The normalized spacial score (nSPS) is 11.0. The maximum absolute atomic E-state index is 4.84. The lowest BCUT2D eigenvalue weighted by Gasteiger charge is -2.09. The Morgan fingerprint density at radius 2 is 1.15 bits per heavy atom. The second kappa shape index (κ2) is 6.54. The summed E-state index contributed by atoms with van der Waals surface area (Å²) < 4.78 is 0. The molecule has 3 nitrogen and oxygen atoms in total. The predicted octanol–water partition coefficient (Wildman–Crippen LogP) is 5.96. The zero-order valence-electron chi connectivity index (χ0n) is 14.6. The zero-order valence-corrected chi connectivity index (χ0v) is 14.6. The molecule has 0 saturated carbocycles. The monoisotopic (exact) mass is 347 g/mol. The van der Waals surface area contributed by atoms with E-state index >= 15 is 0 Å². The molecule has 2 heterocycles. The van der Waals surface area contributed by atoms with E-state index in [-0.39, 0.29) is 0 Å². The number of H-pyrrole nitrogens is 1. The van der Waals surface area contributed by atoms with Gasteiger partial charge in [-0.15, -0.1) is 0 Å². The minimum Gasteiger partial charge on any atom is -0.275 e. The molecule has 0 radical (unpaired) electrons.